The van der Waals surface area contributed by atoms with Gasteiger partial charge in [0.1, 0.15) is 0 Å². The first-order valence-corrected chi connectivity index (χ1v) is 9.29. The molecule has 6 nitrogen and oxygen atoms in total. The summed E-state index contributed by atoms with van der Waals surface area (Å²) < 4.78 is 38.9. The molecule has 2 aromatic rings. The third-order valence-electron chi connectivity index (χ3n) is 4.83. The average molecular weight is 395 g/mol. The molecule has 3 heterocycles. The van der Waals surface area contributed by atoms with Gasteiger partial charge < -0.3 is 15.3 Å². The summed E-state index contributed by atoms with van der Waals surface area (Å²) in [6.07, 6.45) is -1.16. The normalized spacial score (nSPS) is 15.6. The molecule has 2 N–H and O–H groups in total. The number of aliphatic hydroxyl groups excluding tert-OH is 1. The lowest BCUT2D eigenvalue weighted by molar-refractivity contribution is -0.137. The van der Waals surface area contributed by atoms with Crippen LogP contribution in [0, 0.1) is 0 Å². The van der Waals surface area contributed by atoms with Crippen molar-refractivity contribution in [3.8, 4) is 0 Å². The Morgan fingerprint density at radius 3 is 2.61 bits per heavy atom. The molecule has 1 aliphatic heterocycles. The van der Waals surface area contributed by atoms with E-state index in [-0.39, 0.29) is 18.9 Å². The van der Waals surface area contributed by atoms with Crippen molar-refractivity contribution in [2.75, 3.05) is 38.2 Å². The van der Waals surface area contributed by atoms with Gasteiger partial charge in [0.15, 0.2) is 0 Å². The van der Waals surface area contributed by atoms with E-state index in [2.05, 4.69) is 20.3 Å². The Labute approximate surface area is 161 Å². The van der Waals surface area contributed by atoms with Crippen molar-refractivity contribution in [2.45, 2.75) is 31.4 Å². The maximum absolute atomic E-state index is 13.0. The fourth-order valence-electron chi connectivity index (χ4n) is 3.28. The van der Waals surface area contributed by atoms with Crippen LogP contribution in [0.2, 0.25) is 0 Å². The first kappa shape index (κ1) is 20.5. The fraction of sp³-hybridized carbons (Fsp3) is 0.526. The minimum atomic E-state index is -4.41. The molecule has 0 unspecified atom stereocenters. The molecule has 28 heavy (non-hydrogen) atoms. The van der Waals surface area contributed by atoms with Gasteiger partial charge in [0, 0.05) is 43.5 Å². The molecular formula is C19H24F3N5O. The van der Waals surface area contributed by atoms with Crippen LogP contribution in [-0.2, 0) is 12.6 Å². The second kappa shape index (κ2) is 8.83. The Morgan fingerprint density at radius 2 is 1.93 bits per heavy atom. The lowest BCUT2D eigenvalue weighted by Crippen LogP contribution is -2.28. The summed E-state index contributed by atoms with van der Waals surface area (Å²) in [5.41, 5.74) is 1.09. The monoisotopic (exact) mass is 395 g/mol. The van der Waals surface area contributed by atoms with E-state index in [9.17, 15) is 18.3 Å². The highest BCUT2D eigenvalue weighted by Crippen LogP contribution is 2.30. The Morgan fingerprint density at radius 1 is 1.18 bits per heavy atom. The number of aliphatic hydroxyl groups is 1. The Kier molecular flexibility index (Phi) is 6.46. The number of alkyl halides is 3. The van der Waals surface area contributed by atoms with Crippen molar-refractivity contribution in [3.63, 3.8) is 0 Å². The van der Waals surface area contributed by atoms with Crippen molar-refractivity contribution in [3.05, 3.63) is 47.0 Å². The summed E-state index contributed by atoms with van der Waals surface area (Å²) in [6.45, 7) is 2.14. The predicted octanol–water partition coefficient (Wildman–Crippen LogP) is 2.38. The number of nitrogens with one attached hydrogen (secondary N) is 1. The number of anilines is 1. The zero-order valence-electron chi connectivity index (χ0n) is 15.7. The molecule has 2 aromatic heterocycles. The van der Waals surface area contributed by atoms with Gasteiger partial charge in [-0.3, -0.25) is 4.98 Å². The molecule has 0 aliphatic carbocycles. The summed E-state index contributed by atoms with van der Waals surface area (Å²) in [6, 6.07) is 3.89. The predicted molar refractivity (Wildman–Crippen MR) is 99.3 cm³/mol. The molecule has 0 amide bonds. The molecule has 1 aliphatic rings. The van der Waals surface area contributed by atoms with Crippen LogP contribution in [0.25, 0.3) is 0 Å². The molecule has 1 fully saturated rings. The van der Waals surface area contributed by atoms with Crippen LogP contribution >= 0.6 is 0 Å². The van der Waals surface area contributed by atoms with E-state index in [4.69, 9.17) is 0 Å². The highest BCUT2D eigenvalue weighted by molar-refractivity contribution is 5.34. The number of pyridine rings is 1. The highest BCUT2D eigenvalue weighted by Gasteiger charge is 2.30. The summed E-state index contributed by atoms with van der Waals surface area (Å²) in [7, 11) is 1.78. The highest BCUT2D eigenvalue weighted by atomic mass is 19.4. The smallest absolute Gasteiger partial charge is 0.395 e. The summed E-state index contributed by atoms with van der Waals surface area (Å²) in [5, 5.41) is 12.5. The van der Waals surface area contributed by atoms with Crippen molar-refractivity contribution < 1.29 is 18.3 Å². The lowest BCUT2D eigenvalue weighted by atomic mass is 9.93. The minimum absolute atomic E-state index is 0.0397. The standard InChI is InChI=1S/C19H24F3N5O/c1-27(8-9-28)18-25-16(12-17(26-18)13-2-5-23-6-3-13)11-15-10-14(4-7-24-15)19(20,21)22/h4,7,10,12-13,23,28H,2-3,5-6,8-9,11H2,1H3. The van der Waals surface area contributed by atoms with Crippen LogP contribution in [0.3, 0.4) is 0 Å². The van der Waals surface area contributed by atoms with Crippen molar-refractivity contribution in [1.29, 1.82) is 0 Å². The van der Waals surface area contributed by atoms with E-state index in [0.29, 0.717) is 23.9 Å². The fourth-order valence-corrected chi connectivity index (χ4v) is 3.28. The van der Waals surface area contributed by atoms with Crippen LogP contribution in [0.5, 0.6) is 0 Å². The van der Waals surface area contributed by atoms with Gasteiger partial charge >= 0.3 is 6.18 Å². The SMILES string of the molecule is CN(CCO)c1nc(Cc2cc(C(F)(F)F)ccn2)cc(C2CCNCC2)n1. The van der Waals surface area contributed by atoms with Gasteiger partial charge in [-0.05, 0) is 44.1 Å². The molecule has 1 saturated heterocycles. The molecule has 0 atom stereocenters. The average Bonchev–Trinajstić information content (AvgIpc) is 2.68. The number of hydrogen-bond acceptors (Lipinski definition) is 6. The molecule has 3 rings (SSSR count). The molecular weight excluding hydrogens is 371 g/mol. The number of aromatic nitrogens is 3. The van der Waals surface area contributed by atoms with E-state index >= 15 is 0 Å². The van der Waals surface area contributed by atoms with Gasteiger partial charge in [-0.25, -0.2) is 9.97 Å². The van der Waals surface area contributed by atoms with Crippen molar-refractivity contribution in [1.82, 2.24) is 20.3 Å². The topological polar surface area (TPSA) is 74.2 Å². The largest absolute Gasteiger partial charge is 0.416 e. The number of nitrogens with zero attached hydrogens (tertiary/aromatic N) is 4. The van der Waals surface area contributed by atoms with E-state index in [1.54, 1.807) is 11.9 Å². The number of hydrogen-bond donors (Lipinski definition) is 2. The lowest BCUT2D eigenvalue weighted by Gasteiger charge is -2.24. The van der Waals surface area contributed by atoms with E-state index < -0.39 is 11.7 Å². The molecule has 0 aromatic carbocycles. The maximum Gasteiger partial charge on any atom is 0.416 e. The first-order valence-electron chi connectivity index (χ1n) is 9.29. The molecule has 9 heteroatoms. The molecule has 152 valence electrons. The van der Waals surface area contributed by atoms with Crippen LogP contribution in [-0.4, -0.2) is 53.3 Å². The second-order valence-corrected chi connectivity index (χ2v) is 6.96. The van der Waals surface area contributed by atoms with Crippen LogP contribution < -0.4 is 10.2 Å². The van der Waals surface area contributed by atoms with Crippen LogP contribution in [0.4, 0.5) is 19.1 Å². The molecule has 0 bridgehead atoms. The van der Waals surface area contributed by atoms with Crippen LogP contribution in [0.15, 0.2) is 24.4 Å². The van der Waals surface area contributed by atoms with Gasteiger partial charge in [-0.1, -0.05) is 0 Å². The zero-order chi connectivity index (χ0) is 20.1. The number of halogens is 3. The number of likely N-dealkylation sites (N-methyl/N-ethyl adjacent to an activating group) is 1. The van der Waals surface area contributed by atoms with Crippen LogP contribution in [0.1, 0.15) is 41.4 Å². The third-order valence-corrected chi connectivity index (χ3v) is 4.83. The van der Waals surface area contributed by atoms with Gasteiger partial charge in [0.05, 0.1) is 17.9 Å². The Balaban J connectivity index is 1.91. The van der Waals surface area contributed by atoms with E-state index in [1.807, 2.05) is 6.07 Å². The maximum atomic E-state index is 13.0. The number of rotatable bonds is 6. The van der Waals surface area contributed by atoms with Gasteiger partial charge in [-0.15, -0.1) is 0 Å². The van der Waals surface area contributed by atoms with E-state index in [0.717, 1.165) is 43.8 Å². The molecule has 0 saturated carbocycles. The van der Waals surface area contributed by atoms with E-state index in [1.165, 1.54) is 6.20 Å². The minimum Gasteiger partial charge on any atom is -0.395 e. The summed E-state index contributed by atoms with van der Waals surface area (Å²) in [5.74, 6) is 0.741. The summed E-state index contributed by atoms with van der Waals surface area (Å²) >= 11 is 0. The zero-order valence-corrected chi connectivity index (χ0v) is 15.7. The van der Waals surface area contributed by atoms with Gasteiger partial charge in [0.25, 0.3) is 0 Å². The van der Waals surface area contributed by atoms with Crippen molar-refractivity contribution >= 4 is 5.95 Å². The quantitative estimate of drug-likeness (QED) is 0.782. The third kappa shape index (κ3) is 5.17. The second-order valence-electron chi connectivity index (χ2n) is 6.96. The van der Waals surface area contributed by atoms with Gasteiger partial charge in [-0.2, -0.15) is 13.2 Å². The summed E-state index contributed by atoms with van der Waals surface area (Å²) in [4.78, 5) is 15.0. The molecule has 0 radical (unpaired) electrons. The van der Waals surface area contributed by atoms with Gasteiger partial charge in [0.2, 0.25) is 5.95 Å². The molecule has 0 spiro atoms. The van der Waals surface area contributed by atoms with Crippen molar-refractivity contribution in [2.24, 2.45) is 0 Å². The number of piperidine rings is 1. The Bertz CT molecular complexity index is 793. The first-order chi connectivity index (χ1) is 13.4. The Hall–Kier alpha value is -2.26.